The van der Waals surface area contributed by atoms with Gasteiger partial charge in [-0.3, -0.25) is 14.1 Å². The van der Waals surface area contributed by atoms with Crippen molar-refractivity contribution in [1.29, 1.82) is 0 Å². The molecule has 0 amide bonds. The summed E-state index contributed by atoms with van der Waals surface area (Å²) < 4.78 is 17.3. The van der Waals surface area contributed by atoms with Crippen molar-refractivity contribution in [2.45, 2.75) is 19.9 Å². The summed E-state index contributed by atoms with van der Waals surface area (Å²) in [4.78, 5) is 16.6. The zero-order valence-corrected chi connectivity index (χ0v) is 12.9. The van der Waals surface area contributed by atoms with Gasteiger partial charge in [-0.25, -0.2) is 9.18 Å². The Morgan fingerprint density at radius 3 is 2.70 bits per heavy atom. The summed E-state index contributed by atoms with van der Waals surface area (Å²) in [7, 11) is 1.72. The molecule has 2 aromatic heterocycles. The summed E-state index contributed by atoms with van der Waals surface area (Å²) in [5.74, 6) is -0.362. The van der Waals surface area contributed by atoms with Crippen LogP contribution in [0.2, 0.25) is 0 Å². The molecule has 0 spiro atoms. The maximum atomic E-state index is 13.6. The maximum Gasteiger partial charge on any atom is 0.329 e. The molecule has 0 unspecified atom stereocenters. The molecule has 1 aromatic carbocycles. The normalized spacial score (nSPS) is 11.9. The molecule has 0 saturated heterocycles. The second kappa shape index (κ2) is 4.41. The third-order valence-electron chi connectivity index (χ3n) is 3.47. The largest absolute Gasteiger partial charge is 0.329 e. The van der Waals surface area contributed by atoms with Gasteiger partial charge in [0.1, 0.15) is 5.82 Å². The Bertz CT molecular complexity index is 895. The van der Waals surface area contributed by atoms with Crippen LogP contribution < -0.4 is 5.69 Å². The quantitative estimate of drug-likeness (QED) is 0.683. The molecule has 0 atom stereocenters. The van der Waals surface area contributed by atoms with Gasteiger partial charge in [0.2, 0.25) is 0 Å². The van der Waals surface area contributed by atoms with Gasteiger partial charge < -0.3 is 0 Å². The topological polar surface area (TPSA) is 39.8 Å². The van der Waals surface area contributed by atoms with Crippen molar-refractivity contribution in [3.63, 3.8) is 0 Å². The lowest BCUT2D eigenvalue weighted by Gasteiger charge is -2.09. The fourth-order valence-corrected chi connectivity index (χ4v) is 2.84. The minimum Gasteiger partial charge on any atom is -0.293 e. The van der Waals surface area contributed by atoms with E-state index in [0.717, 1.165) is 16.4 Å². The summed E-state index contributed by atoms with van der Waals surface area (Å²) in [6.07, 6.45) is 1.62. The van der Waals surface area contributed by atoms with E-state index in [4.69, 9.17) is 0 Å². The molecule has 0 radical (unpaired) electrons. The standard InChI is InChI=1S/C14H13BrFN3O/c1-7(2)19-13-8-4-9(15)10(16)5-11(8)17-6-12(13)18(3)14(19)20/h4-7H,1-3H3. The molecule has 6 heteroatoms. The summed E-state index contributed by atoms with van der Waals surface area (Å²) in [5.41, 5.74) is 1.98. The minimum absolute atomic E-state index is 0.0145. The first-order valence-electron chi connectivity index (χ1n) is 6.26. The number of nitrogens with zero attached hydrogens (tertiary/aromatic N) is 3. The Kier molecular flexibility index (Phi) is 2.93. The van der Waals surface area contributed by atoms with Crippen LogP contribution in [-0.2, 0) is 7.05 Å². The van der Waals surface area contributed by atoms with E-state index in [1.54, 1.807) is 28.4 Å². The number of pyridine rings is 1. The van der Waals surface area contributed by atoms with Crippen LogP contribution in [0, 0.1) is 5.82 Å². The maximum absolute atomic E-state index is 13.6. The molecule has 3 rings (SSSR count). The first-order valence-corrected chi connectivity index (χ1v) is 7.05. The van der Waals surface area contributed by atoms with Crippen molar-refractivity contribution in [2.24, 2.45) is 7.05 Å². The average Bonchev–Trinajstić information content (AvgIpc) is 2.64. The van der Waals surface area contributed by atoms with E-state index in [2.05, 4.69) is 20.9 Å². The summed E-state index contributed by atoms with van der Waals surface area (Å²) in [6, 6.07) is 3.07. The van der Waals surface area contributed by atoms with Crippen molar-refractivity contribution in [3.8, 4) is 0 Å². The highest BCUT2D eigenvalue weighted by Crippen LogP contribution is 2.29. The monoisotopic (exact) mass is 337 g/mol. The number of fused-ring (bicyclic) bond motifs is 3. The Hall–Kier alpha value is -1.69. The molecule has 0 aliphatic heterocycles. The van der Waals surface area contributed by atoms with Crippen LogP contribution in [0.5, 0.6) is 0 Å². The van der Waals surface area contributed by atoms with Crippen LogP contribution in [0.4, 0.5) is 4.39 Å². The Morgan fingerprint density at radius 1 is 1.35 bits per heavy atom. The molecule has 0 bridgehead atoms. The van der Waals surface area contributed by atoms with Gasteiger partial charge in [-0.1, -0.05) is 0 Å². The highest BCUT2D eigenvalue weighted by molar-refractivity contribution is 9.10. The van der Waals surface area contributed by atoms with E-state index in [-0.39, 0.29) is 17.5 Å². The second-order valence-electron chi connectivity index (χ2n) is 5.08. The molecular weight excluding hydrogens is 325 g/mol. The lowest BCUT2D eigenvalue weighted by Crippen LogP contribution is -2.23. The van der Waals surface area contributed by atoms with Gasteiger partial charge in [-0.05, 0) is 35.8 Å². The molecule has 3 aromatic rings. The van der Waals surface area contributed by atoms with E-state index in [1.165, 1.54) is 6.07 Å². The van der Waals surface area contributed by atoms with Gasteiger partial charge in [0.25, 0.3) is 0 Å². The number of aryl methyl sites for hydroxylation is 1. The highest BCUT2D eigenvalue weighted by atomic mass is 79.9. The molecule has 0 saturated carbocycles. The molecule has 104 valence electrons. The second-order valence-corrected chi connectivity index (χ2v) is 5.94. The van der Waals surface area contributed by atoms with Crippen LogP contribution in [0.1, 0.15) is 19.9 Å². The third kappa shape index (κ3) is 1.71. The van der Waals surface area contributed by atoms with Crippen LogP contribution in [0.25, 0.3) is 21.9 Å². The molecule has 20 heavy (non-hydrogen) atoms. The zero-order valence-electron chi connectivity index (χ0n) is 11.3. The minimum atomic E-state index is -0.362. The van der Waals surface area contributed by atoms with Crippen LogP contribution in [0.15, 0.2) is 27.6 Å². The Morgan fingerprint density at radius 2 is 2.05 bits per heavy atom. The van der Waals surface area contributed by atoms with E-state index < -0.39 is 0 Å². The average molecular weight is 338 g/mol. The van der Waals surface area contributed by atoms with Gasteiger partial charge in [0.05, 0.1) is 27.2 Å². The zero-order chi connectivity index (χ0) is 14.6. The van der Waals surface area contributed by atoms with E-state index in [9.17, 15) is 9.18 Å². The predicted molar refractivity (Wildman–Crippen MR) is 80.5 cm³/mol. The fraction of sp³-hybridized carbons (Fsp3) is 0.286. The van der Waals surface area contributed by atoms with Crippen molar-refractivity contribution in [2.75, 3.05) is 0 Å². The first-order chi connectivity index (χ1) is 9.41. The van der Waals surface area contributed by atoms with Crippen molar-refractivity contribution in [1.82, 2.24) is 14.1 Å². The smallest absolute Gasteiger partial charge is 0.293 e. The molecule has 0 N–H and O–H groups in total. The predicted octanol–water partition coefficient (Wildman–Crippen LogP) is 3.37. The van der Waals surface area contributed by atoms with Crippen LogP contribution in [0.3, 0.4) is 0 Å². The molecule has 0 fully saturated rings. The molecule has 0 aliphatic carbocycles. The van der Waals surface area contributed by atoms with Crippen molar-refractivity contribution >= 4 is 37.9 Å². The van der Waals surface area contributed by atoms with Crippen molar-refractivity contribution in [3.05, 3.63) is 39.1 Å². The number of halogens is 2. The highest BCUT2D eigenvalue weighted by Gasteiger charge is 2.17. The fourth-order valence-electron chi connectivity index (χ4n) is 2.50. The Labute approximate surface area is 123 Å². The number of aromatic nitrogens is 3. The van der Waals surface area contributed by atoms with E-state index in [0.29, 0.717) is 9.99 Å². The van der Waals surface area contributed by atoms with E-state index >= 15 is 0 Å². The number of imidazole rings is 1. The van der Waals surface area contributed by atoms with Gasteiger partial charge in [0, 0.05) is 24.5 Å². The van der Waals surface area contributed by atoms with Gasteiger partial charge in [-0.2, -0.15) is 0 Å². The lowest BCUT2D eigenvalue weighted by atomic mass is 10.2. The SMILES string of the molecule is CC(C)n1c(=O)n(C)c2cnc3cc(F)c(Br)cc3c21. The molecule has 2 heterocycles. The van der Waals surface area contributed by atoms with Gasteiger partial charge in [0.15, 0.2) is 0 Å². The van der Waals surface area contributed by atoms with Crippen LogP contribution in [-0.4, -0.2) is 14.1 Å². The van der Waals surface area contributed by atoms with E-state index in [1.807, 2.05) is 13.8 Å². The number of benzene rings is 1. The first kappa shape index (κ1) is 13.3. The Balaban J connectivity index is 2.62. The lowest BCUT2D eigenvalue weighted by molar-refractivity contribution is 0.584. The summed E-state index contributed by atoms with van der Waals surface area (Å²) in [5, 5.41) is 0.766. The van der Waals surface area contributed by atoms with Crippen molar-refractivity contribution < 1.29 is 4.39 Å². The number of hydrogen-bond acceptors (Lipinski definition) is 2. The summed E-state index contributed by atoms with van der Waals surface area (Å²) >= 11 is 3.19. The molecule has 4 nitrogen and oxygen atoms in total. The van der Waals surface area contributed by atoms with Gasteiger partial charge >= 0.3 is 5.69 Å². The summed E-state index contributed by atoms with van der Waals surface area (Å²) in [6.45, 7) is 3.90. The number of hydrogen-bond donors (Lipinski definition) is 0. The molecule has 0 aliphatic rings. The third-order valence-corrected chi connectivity index (χ3v) is 4.08. The van der Waals surface area contributed by atoms with Gasteiger partial charge in [-0.15, -0.1) is 0 Å². The molecular formula is C14H13BrFN3O. The van der Waals surface area contributed by atoms with Crippen LogP contribution >= 0.6 is 15.9 Å². The number of rotatable bonds is 1.